The minimum atomic E-state index is -0.586. The molecule has 0 spiro atoms. The molecule has 1 N–H and O–H groups in total. The molecular weight excluding hydrogens is 408 g/mol. The highest BCUT2D eigenvalue weighted by Crippen LogP contribution is 2.37. The number of carbonyl (C=O) groups excluding carboxylic acids is 3. The topological polar surface area (TPSA) is 75.7 Å². The summed E-state index contributed by atoms with van der Waals surface area (Å²) in [6.07, 6.45) is 0.862. The van der Waals surface area contributed by atoms with Gasteiger partial charge in [-0.05, 0) is 36.8 Å². The molecule has 2 heterocycles. The number of nitrogens with one attached hydrogen (secondary N) is 1. The van der Waals surface area contributed by atoms with Gasteiger partial charge in [0.1, 0.15) is 0 Å². The number of ether oxygens (including phenoxy) is 1. The van der Waals surface area contributed by atoms with Crippen molar-refractivity contribution in [1.82, 2.24) is 0 Å². The number of fused-ring (bicyclic) bond motifs is 2. The van der Waals surface area contributed by atoms with Gasteiger partial charge in [-0.15, -0.1) is 23.5 Å². The Bertz CT molecular complexity index is 979. The summed E-state index contributed by atoms with van der Waals surface area (Å²) in [7, 11) is 0. The highest BCUT2D eigenvalue weighted by atomic mass is 32.2. The molecule has 1 atom stereocenters. The van der Waals surface area contributed by atoms with E-state index in [9.17, 15) is 14.4 Å². The molecule has 0 radical (unpaired) electrons. The van der Waals surface area contributed by atoms with E-state index < -0.39 is 5.97 Å². The summed E-state index contributed by atoms with van der Waals surface area (Å²) in [5, 5.41) is 3.15. The van der Waals surface area contributed by atoms with E-state index >= 15 is 0 Å². The molecule has 29 heavy (non-hydrogen) atoms. The summed E-state index contributed by atoms with van der Waals surface area (Å²) in [5.41, 5.74) is 1.76. The molecule has 2 aliphatic heterocycles. The second kappa shape index (κ2) is 8.51. The molecule has 2 aliphatic rings. The average Bonchev–Trinajstić information content (AvgIpc) is 2.89. The molecule has 0 fully saturated rings. The zero-order valence-corrected chi connectivity index (χ0v) is 17.5. The highest BCUT2D eigenvalue weighted by Gasteiger charge is 2.25. The molecule has 6 nitrogen and oxygen atoms in total. The second-order valence-corrected chi connectivity index (χ2v) is 9.35. The first-order valence-corrected chi connectivity index (χ1v) is 11.2. The van der Waals surface area contributed by atoms with Gasteiger partial charge >= 0.3 is 5.97 Å². The van der Waals surface area contributed by atoms with Crippen LogP contribution in [0.3, 0.4) is 0 Å². The van der Waals surface area contributed by atoms with Gasteiger partial charge in [0, 0.05) is 21.6 Å². The average molecular weight is 429 g/mol. The van der Waals surface area contributed by atoms with Gasteiger partial charge in [0.2, 0.25) is 5.91 Å². The quantitative estimate of drug-likeness (QED) is 0.750. The van der Waals surface area contributed by atoms with Crippen LogP contribution in [0.2, 0.25) is 0 Å². The second-order valence-electron chi connectivity index (χ2n) is 6.85. The van der Waals surface area contributed by atoms with Crippen molar-refractivity contribution in [3.05, 3.63) is 48.0 Å². The number of anilines is 2. The van der Waals surface area contributed by atoms with Crippen molar-refractivity contribution in [3.63, 3.8) is 0 Å². The summed E-state index contributed by atoms with van der Waals surface area (Å²) in [6.45, 7) is 2.40. The zero-order valence-electron chi connectivity index (χ0n) is 15.8. The Hall–Kier alpha value is -2.45. The largest absolute Gasteiger partial charge is 0.452 e. The van der Waals surface area contributed by atoms with Gasteiger partial charge in [0.25, 0.3) is 5.91 Å². The smallest absolute Gasteiger partial charge is 0.338 e. The Morgan fingerprint density at radius 3 is 2.90 bits per heavy atom. The zero-order chi connectivity index (χ0) is 20.4. The molecule has 4 rings (SSSR count). The van der Waals surface area contributed by atoms with Crippen LogP contribution in [0, 0.1) is 0 Å². The van der Waals surface area contributed by atoms with Gasteiger partial charge < -0.3 is 15.0 Å². The van der Waals surface area contributed by atoms with Crippen LogP contribution in [0.4, 0.5) is 11.4 Å². The fourth-order valence-electron chi connectivity index (χ4n) is 3.24. The molecule has 0 aromatic heterocycles. The van der Waals surface area contributed by atoms with E-state index in [1.165, 1.54) is 11.8 Å². The van der Waals surface area contributed by atoms with Crippen LogP contribution in [0.15, 0.2) is 52.3 Å². The summed E-state index contributed by atoms with van der Waals surface area (Å²) in [4.78, 5) is 40.5. The third-order valence-corrected chi connectivity index (χ3v) is 7.03. The number of benzene rings is 2. The van der Waals surface area contributed by atoms with Crippen molar-refractivity contribution >= 4 is 52.7 Å². The number of hydrogen-bond acceptors (Lipinski definition) is 6. The van der Waals surface area contributed by atoms with Crippen LogP contribution in [0.1, 0.15) is 23.7 Å². The van der Waals surface area contributed by atoms with Gasteiger partial charge in [-0.25, -0.2) is 4.79 Å². The summed E-state index contributed by atoms with van der Waals surface area (Å²) in [6, 6.07) is 12.8. The van der Waals surface area contributed by atoms with Crippen LogP contribution in [-0.4, -0.2) is 41.9 Å². The van der Waals surface area contributed by atoms with E-state index in [4.69, 9.17) is 4.74 Å². The SMILES string of the molecule is CC1CCN(C(=O)COC(=O)c2ccc3c(c2)NC(=O)CS3)c2ccccc2S1. The standard InChI is InChI=1S/C21H20N2O4S2/c1-13-8-9-23(16-4-2-3-5-18(16)29-13)20(25)11-27-21(26)14-6-7-17-15(10-14)22-19(24)12-28-17/h2-7,10,13H,8-9,11-12H2,1H3,(H,22,24). The first kappa shape index (κ1) is 19.8. The molecule has 150 valence electrons. The maximum Gasteiger partial charge on any atom is 0.338 e. The summed E-state index contributed by atoms with van der Waals surface area (Å²) < 4.78 is 5.29. The van der Waals surface area contributed by atoms with Crippen LogP contribution < -0.4 is 10.2 Å². The van der Waals surface area contributed by atoms with Gasteiger partial charge in [0.15, 0.2) is 6.61 Å². The van der Waals surface area contributed by atoms with Crippen molar-refractivity contribution < 1.29 is 19.1 Å². The molecule has 8 heteroatoms. The van der Waals surface area contributed by atoms with E-state index in [0.29, 0.717) is 28.8 Å². The van der Waals surface area contributed by atoms with E-state index in [0.717, 1.165) is 21.9 Å². The Labute approximate surface area is 177 Å². The van der Waals surface area contributed by atoms with Gasteiger partial charge in [-0.3, -0.25) is 9.59 Å². The van der Waals surface area contributed by atoms with Gasteiger partial charge in [-0.2, -0.15) is 0 Å². The molecule has 0 saturated carbocycles. The third-order valence-electron chi connectivity index (χ3n) is 4.72. The Morgan fingerprint density at radius 1 is 1.21 bits per heavy atom. The summed E-state index contributed by atoms with van der Waals surface area (Å²) in [5.74, 6) is -0.575. The molecule has 0 saturated heterocycles. The molecule has 2 amide bonds. The van der Waals surface area contributed by atoms with Crippen molar-refractivity contribution in [2.75, 3.05) is 29.1 Å². The van der Waals surface area contributed by atoms with Crippen LogP contribution in [0.5, 0.6) is 0 Å². The number of para-hydroxylation sites is 1. The number of amides is 2. The minimum Gasteiger partial charge on any atom is -0.452 e. The van der Waals surface area contributed by atoms with E-state index in [-0.39, 0.29) is 18.4 Å². The Balaban J connectivity index is 1.44. The number of thioether (sulfide) groups is 2. The van der Waals surface area contributed by atoms with Crippen molar-refractivity contribution in [3.8, 4) is 0 Å². The molecule has 1 unspecified atom stereocenters. The Kier molecular flexibility index (Phi) is 5.82. The highest BCUT2D eigenvalue weighted by molar-refractivity contribution is 8.00. The number of hydrogen-bond donors (Lipinski definition) is 1. The lowest BCUT2D eigenvalue weighted by Gasteiger charge is -2.22. The maximum atomic E-state index is 12.8. The van der Waals surface area contributed by atoms with Crippen molar-refractivity contribution in [2.45, 2.75) is 28.4 Å². The van der Waals surface area contributed by atoms with Crippen LogP contribution in [-0.2, 0) is 14.3 Å². The van der Waals surface area contributed by atoms with Crippen LogP contribution in [0.25, 0.3) is 0 Å². The molecule has 0 bridgehead atoms. The number of rotatable bonds is 3. The fourth-order valence-corrected chi connectivity index (χ4v) is 5.15. The van der Waals surface area contributed by atoms with Crippen molar-refractivity contribution in [1.29, 1.82) is 0 Å². The predicted octanol–water partition coefficient (Wildman–Crippen LogP) is 3.81. The normalized spacial score (nSPS) is 18.2. The number of esters is 1. The molecule has 0 aliphatic carbocycles. The molecular formula is C21H20N2O4S2. The minimum absolute atomic E-state index is 0.102. The maximum absolute atomic E-state index is 12.8. The van der Waals surface area contributed by atoms with Crippen molar-refractivity contribution in [2.24, 2.45) is 0 Å². The van der Waals surface area contributed by atoms with E-state index in [1.54, 1.807) is 34.9 Å². The first-order valence-electron chi connectivity index (χ1n) is 9.31. The first-order chi connectivity index (χ1) is 14.0. The third kappa shape index (κ3) is 4.43. The number of carbonyl (C=O) groups is 3. The van der Waals surface area contributed by atoms with E-state index in [1.807, 2.05) is 24.3 Å². The predicted molar refractivity (Wildman–Crippen MR) is 115 cm³/mol. The lowest BCUT2D eigenvalue weighted by atomic mass is 10.2. The van der Waals surface area contributed by atoms with Crippen LogP contribution >= 0.6 is 23.5 Å². The Morgan fingerprint density at radius 2 is 2.03 bits per heavy atom. The molecule has 2 aromatic rings. The number of nitrogens with zero attached hydrogens (tertiary/aromatic N) is 1. The van der Waals surface area contributed by atoms with E-state index in [2.05, 4.69) is 12.2 Å². The summed E-state index contributed by atoms with van der Waals surface area (Å²) >= 11 is 3.17. The fraction of sp³-hybridized carbons (Fsp3) is 0.286. The van der Waals surface area contributed by atoms with Gasteiger partial charge in [0.05, 0.1) is 22.7 Å². The monoisotopic (exact) mass is 428 g/mol. The lowest BCUT2D eigenvalue weighted by Crippen LogP contribution is -2.35. The molecule has 2 aromatic carbocycles. The lowest BCUT2D eigenvalue weighted by molar-refractivity contribution is -0.121. The van der Waals surface area contributed by atoms with Gasteiger partial charge in [-0.1, -0.05) is 19.1 Å².